The van der Waals surface area contributed by atoms with Gasteiger partial charge in [-0.05, 0) is 24.6 Å². The molecular weight excluding hydrogens is 219 g/mol. The average Bonchev–Trinajstić information content (AvgIpc) is 2.34. The number of hydrazine groups is 1. The van der Waals surface area contributed by atoms with Crippen molar-refractivity contribution in [3.05, 3.63) is 47.9 Å². The van der Waals surface area contributed by atoms with Gasteiger partial charge in [-0.3, -0.25) is 0 Å². The maximum atomic E-state index is 13.6. The Bertz CT molecular complexity index is 507. The summed E-state index contributed by atoms with van der Waals surface area (Å²) in [5, 5.41) is 3.00. The van der Waals surface area contributed by atoms with Gasteiger partial charge in [-0.25, -0.2) is 15.2 Å². The van der Waals surface area contributed by atoms with E-state index in [2.05, 4.69) is 15.7 Å². The van der Waals surface area contributed by atoms with Crippen LogP contribution in [0, 0.1) is 12.7 Å². The number of halogens is 1. The van der Waals surface area contributed by atoms with E-state index >= 15 is 0 Å². The van der Waals surface area contributed by atoms with E-state index in [1.807, 2.05) is 13.0 Å². The predicted molar refractivity (Wildman–Crippen MR) is 66.5 cm³/mol. The molecule has 0 atom stereocenters. The summed E-state index contributed by atoms with van der Waals surface area (Å²) in [6.45, 7) is 1.84. The molecule has 2 aromatic rings. The van der Waals surface area contributed by atoms with Crippen LogP contribution in [0.15, 0.2) is 36.5 Å². The Morgan fingerprint density at radius 1 is 1.29 bits per heavy atom. The normalized spacial score (nSPS) is 10.1. The third kappa shape index (κ3) is 2.51. The van der Waals surface area contributed by atoms with Crippen molar-refractivity contribution in [1.82, 2.24) is 4.98 Å². The number of nitrogens with two attached hydrogens (primary N) is 1. The average molecular weight is 232 g/mol. The molecule has 0 aliphatic heterocycles. The monoisotopic (exact) mass is 232 g/mol. The van der Waals surface area contributed by atoms with E-state index in [1.165, 1.54) is 6.07 Å². The maximum absolute atomic E-state index is 13.6. The minimum atomic E-state index is -0.288. The van der Waals surface area contributed by atoms with Gasteiger partial charge in [0.25, 0.3) is 0 Å². The number of hydrogen-bond acceptors (Lipinski definition) is 4. The van der Waals surface area contributed by atoms with Crippen LogP contribution in [0.25, 0.3) is 0 Å². The van der Waals surface area contributed by atoms with E-state index < -0.39 is 0 Å². The van der Waals surface area contributed by atoms with Crippen molar-refractivity contribution in [3.63, 3.8) is 0 Å². The van der Waals surface area contributed by atoms with Crippen LogP contribution in [-0.2, 0) is 0 Å². The highest BCUT2D eigenvalue weighted by atomic mass is 19.1. The second kappa shape index (κ2) is 4.80. The number of aromatic nitrogens is 1. The molecule has 0 unspecified atom stereocenters. The number of nitrogen functional groups attached to an aromatic ring is 1. The molecule has 0 amide bonds. The fourth-order valence-electron chi connectivity index (χ4n) is 1.52. The molecule has 88 valence electrons. The first-order chi connectivity index (χ1) is 8.20. The lowest BCUT2D eigenvalue weighted by atomic mass is 10.2. The zero-order valence-electron chi connectivity index (χ0n) is 9.37. The van der Waals surface area contributed by atoms with Gasteiger partial charge in [-0.2, -0.15) is 0 Å². The van der Waals surface area contributed by atoms with Gasteiger partial charge in [0.05, 0.1) is 5.69 Å². The molecule has 4 N–H and O–H groups in total. The Hall–Kier alpha value is -2.14. The maximum Gasteiger partial charge on any atom is 0.146 e. The molecular formula is C12H13FN4. The lowest BCUT2D eigenvalue weighted by molar-refractivity contribution is 0.631. The number of aryl methyl sites for hydroxylation is 1. The summed E-state index contributed by atoms with van der Waals surface area (Å²) >= 11 is 0. The zero-order chi connectivity index (χ0) is 12.3. The van der Waals surface area contributed by atoms with Crippen molar-refractivity contribution in [2.75, 3.05) is 10.7 Å². The molecule has 0 spiro atoms. The second-order valence-corrected chi connectivity index (χ2v) is 3.63. The molecule has 0 aliphatic carbocycles. The largest absolute Gasteiger partial charge is 0.353 e. The molecule has 1 heterocycles. The highest BCUT2D eigenvalue weighted by Gasteiger charge is 2.05. The lowest BCUT2D eigenvalue weighted by Gasteiger charge is -2.11. The van der Waals surface area contributed by atoms with Crippen molar-refractivity contribution in [1.29, 1.82) is 0 Å². The molecule has 17 heavy (non-hydrogen) atoms. The number of nitrogens with zero attached hydrogens (tertiary/aromatic N) is 1. The standard InChI is InChI=1S/C12H13FN4/c1-8-3-2-4-10(13)12(8)16-9-5-6-15-11(7-9)17-14/h2-7H,14H2,1H3,(H2,15,16,17). The zero-order valence-corrected chi connectivity index (χ0v) is 9.37. The fourth-order valence-corrected chi connectivity index (χ4v) is 1.52. The minimum Gasteiger partial charge on any atom is -0.353 e. The van der Waals surface area contributed by atoms with Gasteiger partial charge in [0, 0.05) is 18.0 Å². The quantitative estimate of drug-likeness (QED) is 0.562. The third-order valence-corrected chi connectivity index (χ3v) is 2.40. The van der Waals surface area contributed by atoms with Crippen LogP contribution in [0.1, 0.15) is 5.56 Å². The lowest BCUT2D eigenvalue weighted by Crippen LogP contribution is -2.08. The highest BCUT2D eigenvalue weighted by Crippen LogP contribution is 2.24. The Morgan fingerprint density at radius 3 is 2.82 bits per heavy atom. The predicted octanol–water partition coefficient (Wildman–Crippen LogP) is 2.56. The van der Waals surface area contributed by atoms with Crippen LogP contribution in [0.3, 0.4) is 0 Å². The number of rotatable bonds is 3. The number of para-hydroxylation sites is 1. The number of anilines is 3. The first-order valence-electron chi connectivity index (χ1n) is 5.15. The molecule has 0 bridgehead atoms. The van der Waals surface area contributed by atoms with Crippen molar-refractivity contribution in [3.8, 4) is 0 Å². The molecule has 1 aromatic carbocycles. The van der Waals surface area contributed by atoms with E-state index in [0.29, 0.717) is 11.5 Å². The minimum absolute atomic E-state index is 0.288. The van der Waals surface area contributed by atoms with Crippen LogP contribution in [0.5, 0.6) is 0 Å². The highest BCUT2D eigenvalue weighted by molar-refractivity contribution is 5.65. The number of nitrogens with one attached hydrogen (secondary N) is 2. The summed E-state index contributed by atoms with van der Waals surface area (Å²) in [7, 11) is 0. The van der Waals surface area contributed by atoms with E-state index in [0.717, 1.165) is 11.3 Å². The Labute approximate surface area is 98.6 Å². The number of benzene rings is 1. The summed E-state index contributed by atoms with van der Waals surface area (Å²) in [6.07, 6.45) is 1.59. The fraction of sp³-hybridized carbons (Fsp3) is 0.0833. The Kier molecular flexibility index (Phi) is 3.20. The summed E-state index contributed by atoms with van der Waals surface area (Å²) < 4.78 is 13.6. The van der Waals surface area contributed by atoms with Gasteiger partial charge in [0.15, 0.2) is 0 Å². The topological polar surface area (TPSA) is 63.0 Å². The molecule has 5 heteroatoms. The summed E-state index contributed by atoms with van der Waals surface area (Å²) in [6, 6.07) is 8.38. The van der Waals surface area contributed by atoms with Crippen molar-refractivity contribution >= 4 is 17.2 Å². The SMILES string of the molecule is Cc1cccc(F)c1Nc1ccnc(NN)c1. The van der Waals surface area contributed by atoms with Gasteiger partial charge in [-0.15, -0.1) is 0 Å². The van der Waals surface area contributed by atoms with Gasteiger partial charge >= 0.3 is 0 Å². The molecule has 4 nitrogen and oxygen atoms in total. The van der Waals surface area contributed by atoms with Crippen molar-refractivity contribution in [2.24, 2.45) is 5.84 Å². The van der Waals surface area contributed by atoms with Crippen molar-refractivity contribution in [2.45, 2.75) is 6.92 Å². The first kappa shape index (κ1) is 11.3. The van der Waals surface area contributed by atoms with Gasteiger partial charge in [0.2, 0.25) is 0 Å². The van der Waals surface area contributed by atoms with E-state index in [4.69, 9.17) is 5.84 Å². The van der Waals surface area contributed by atoms with Gasteiger partial charge < -0.3 is 10.7 Å². The Balaban J connectivity index is 2.31. The molecule has 0 aliphatic rings. The number of pyridine rings is 1. The first-order valence-corrected chi connectivity index (χ1v) is 5.15. The van der Waals surface area contributed by atoms with Gasteiger partial charge in [-0.1, -0.05) is 12.1 Å². The van der Waals surface area contributed by atoms with Crippen LogP contribution >= 0.6 is 0 Å². The van der Waals surface area contributed by atoms with Gasteiger partial charge in [0.1, 0.15) is 11.6 Å². The molecule has 2 rings (SSSR count). The smallest absolute Gasteiger partial charge is 0.146 e. The summed E-state index contributed by atoms with van der Waals surface area (Å²) in [5.41, 5.74) is 4.46. The van der Waals surface area contributed by atoms with Crippen molar-refractivity contribution < 1.29 is 4.39 Å². The molecule has 0 radical (unpaired) electrons. The molecule has 0 saturated heterocycles. The van der Waals surface area contributed by atoms with Crippen LogP contribution in [-0.4, -0.2) is 4.98 Å². The van der Waals surface area contributed by atoms with E-state index in [9.17, 15) is 4.39 Å². The third-order valence-electron chi connectivity index (χ3n) is 2.40. The number of hydrogen-bond donors (Lipinski definition) is 3. The van der Waals surface area contributed by atoms with E-state index in [-0.39, 0.29) is 5.82 Å². The summed E-state index contributed by atoms with van der Waals surface area (Å²) in [5.74, 6) is 5.49. The molecule has 1 aromatic heterocycles. The summed E-state index contributed by atoms with van der Waals surface area (Å²) in [4.78, 5) is 3.97. The van der Waals surface area contributed by atoms with Crippen LogP contribution in [0.2, 0.25) is 0 Å². The van der Waals surface area contributed by atoms with Crippen LogP contribution in [0.4, 0.5) is 21.6 Å². The second-order valence-electron chi connectivity index (χ2n) is 3.63. The molecule has 0 saturated carbocycles. The van der Waals surface area contributed by atoms with Crippen LogP contribution < -0.4 is 16.6 Å². The molecule has 0 fully saturated rings. The Morgan fingerprint density at radius 2 is 2.12 bits per heavy atom. The van der Waals surface area contributed by atoms with E-state index in [1.54, 1.807) is 24.4 Å².